The summed E-state index contributed by atoms with van der Waals surface area (Å²) in [5, 5.41) is 0. The Morgan fingerprint density at radius 2 is 1.64 bits per heavy atom. The van der Waals surface area contributed by atoms with E-state index in [-0.39, 0.29) is 6.61 Å². The minimum Gasteiger partial charge on any atom is -0.464 e. The number of ether oxygens (including phenoxy) is 1. The van der Waals surface area contributed by atoms with Crippen molar-refractivity contribution in [2.75, 3.05) is 13.2 Å². The fraction of sp³-hybridized carbons (Fsp3) is 0.778. The van der Waals surface area contributed by atoms with Gasteiger partial charge < -0.3 is 9.63 Å². The van der Waals surface area contributed by atoms with Crippen LogP contribution in [-0.4, -0.2) is 39.5 Å². The molecule has 0 aromatic heterocycles. The number of esters is 1. The van der Waals surface area contributed by atoms with E-state index < -0.39 is 34.1 Å². The molecule has 0 aliphatic carbocycles. The van der Waals surface area contributed by atoms with Crippen LogP contribution in [-0.2, 0) is 23.2 Å². The maximum absolute atomic E-state index is 10.9. The zero-order chi connectivity index (χ0) is 18.2. The first-order valence-electron chi connectivity index (χ1n) is 6.07. The molecule has 6 N–H and O–H groups in total. The predicted octanol–water partition coefficient (Wildman–Crippen LogP) is 0.770. The third kappa shape index (κ3) is 21.4. The molecule has 22 heavy (non-hydrogen) atoms. The smallest absolute Gasteiger partial charge is 0.464 e. The molecule has 0 aliphatic rings. The van der Waals surface area contributed by atoms with Gasteiger partial charge in [0.2, 0.25) is 0 Å². The summed E-state index contributed by atoms with van der Waals surface area (Å²) < 4.78 is 28.1. The summed E-state index contributed by atoms with van der Waals surface area (Å²) in [5.74, 6) is 3.75. The second-order valence-corrected chi connectivity index (χ2v) is 5.51. The summed E-state index contributed by atoms with van der Waals surface area (Å²) >= 11 is 0. The standard InChI is InChI=1S/C5H11N2O6P.C4H10.HO3P/c1-2-12-4(8)3-13-14(10,11)5(9)7-6;1-3-4-2;1-4(2)3/h2-3,6H2,1H3,(H,7,9)(H,10,11);3-4H2,1-2H3;(H-,1,2,3)/p+1. The van der Waals surface area contributed by atoms with Crippen LogP contribution >= 0.6 is 15.9 Å². The lowest BCUT2D eigenvalue weighted by Crippen LogP contribution is -2.29. The van der Waals surface area contributed by atoms with Gasteiger partial charge in [-0.05, 0) is 6.92 Å². The van der Waals surface area contributed by atoms with Crippen LogP contribution in [0, 0.1) is 0 Å². The lowest BCUT2D eigenvalue weighted by molar-refractivity contribution is -0.145. The van der Waals surface area contributed by atoms with Crippen molar-refractivity contribution in [1.82, 2.24) is 5.43 Å². The van der Waals surface area contributed by atoms with Gasteiger partial charge in [0.05, 0.1) is 6.61 Å². The molecule has 0 spiro atoms. The molecular weight excluding hydrogens is 342 g/mol. The molecule has 1 atom stereocenters. The molecule has 0 heterocycles. The molecule has 13 heteroatoms. The highest BCUT2D eigenvalue weighted by molar-refractivity contribution is 7.70. The van der Waals surface area contributed by atoms with Gasteiger partial charge in [0.15, 0.2) is 6.61 Å². The zero-order valence-corrected chi connectivity index (χ0v) is 14.4. The lowest BCUT2D eigenvalue weighted by atomic mass is 10.4. The van der Waals surface area contributed by atoms with Crippen molar-refractivity contribution in [1.29, 1.82) is 0 Å². The summed E-state index contributed by atoms with van der Waals surface area (Å²) in [4.78, 5) is 44.3. The number of carbonyl (C=O) groups is 2. The Morgan fingerprint density at radius 3 is 1.91 bits per heavy atom. The van der Waals surface area contributed by atoms with Crippen molar-refractivity contribution in [3.05, 3.63) is 0 Å². The third-order valence-corrected chi connectivity index (χ3v) is 2.66. The number of hydrogen-bond acceptors (Lipinski definition) is 7. The average Bonchev–Trinajstić information content (AvgIpc) is 2.44. The molecule has 0 aliphatic heterocycles. The Balaban J connectivity index is -0.000000372. The number of rotatable bonds is 6. The highest BCUT2D eigenvalue weighted by Gasteiger charge is 2.30. The van der Waals surface area contributed by atoms with Crippen molar-refractivity contribution in [3.8, 4) is 0 Å². The average molecular weight is 365 g/mol. The van der Waals surface area contributed by atoms with Gasteiger partial charge in [-0.15, -0.1) is 9.79 Å². The van der Waals surface area contributed by atoms with Crippen LogP contribution in [0.15, 0.2) is 0 Å². The number of unbranched alkanes of at least 4 members (excludes halogenated alkanes) is 1. The monoisotopic (exact) mass is 365 g/mol. The van der Waals surface area contributed by atoms with E-state index in [1.807, 2.05) is 0 Å². The van der Waals surface area contributed by atoms with E-state index in [1.165, 1.54) is 18.3 Å². The van der Waals surface area contributed by atoms with E-state index in [0.29, 0.717) is 0 Å². The number of nitrogens with two attached hydrogens (primary N) is 1. The Hall–Kier alpha value is -0.930. The fourth-order valence-corrected chi connectivity index (χ4v) is 1.04. The number of carbonyl (C=O) groups excluding carboxylic acids is 2. The van der Waals surface area contributed by atoms with Gasteiger partial charge in [0.25, 0.3) is 0 Å². The second kappa shape index (κ2) is 16.4. The normalized spacial score (nSPS) is 11.6. The third-order valence-electron chi connectivity index (χ3n) is 1.54. The van der Waals surface area contributed by atoms with Crippen LogP contribution in [0.2, 0.25) is 0 Å². The van der Waals surface area contributed by atoms with Gasteiger partial charge in [-0.3, -0.25) is 14.7 Å². The van der Waals surface area contributed by atoms with Gasteiger partial charge in [0, 0.05) is 4.57 Å². The van der Waals surface area contributed by atoms with Gasteiger partial charge in [0.1, 0.15) is 0 Å². The minimum atomic E-state index is -4.54. The van der Waals surface area contributed by atoms with E-state index in [4.69, 9.17) is 19.2 Å². The molecule has 0 rings (SSSR count). The first kappa shape index (κ1) is 26.0. The maximum Gasteiger partial charge on any atom is 0.692 e. The number of hydrazine groups is 1. The molecule has 0 fully saturated rings. The quantitative estimate of drug-likeness (QED) is 0.148. The second-order valence-electron chi connectivity index (χ2n) is 3.30. The van der Waals surface area contributed by atoms with E-state index in [1.54, 1.807) is 6.92 Å². The van der Waals surface area contributed by atoms with Crippen molar-refractivity contribution in [3.63, 3.8) is 0 Å². The van der Waals surface area contributed by atoms with Crippen LogP contribution in [0.4, 0.5) is 4.79 Å². The van der Waals surface area contributed by atoms with E-state index in [9.17, 15) is 14.2 Å². The fourth-order valence-electron chi connectivity index (χ4n) is 0.483. The Kier molecular flexibility index (Phi) is 19.4. The molecule has 0 aromatic rings. The molecule has 0 saturated heterocycles. The summed E-state index contributed by atoms with van der Waals surface area (Å²) in [5.41, 5.74) is 0.0446. The zero-order valence-electron chi connectivity index (χ0n) is 12.6. The van der Waals surface area contributed by atoms with Crippen molar-refractivity contribution in [2.24, 2.45) is 5.84 Å². The van der Waals surface area contributed by atoms with Crippen LogP contribution in [0.1, 0.15) is 33.6 Å². The molecule has 0 bridgehead atoms. The van der Waals surface area contributed by atoms with E-state index in [2.05, 4.69) is 29.0 Å². The van der Waals surface area contributed by atoms with Crippen LogP contribution in [0.25, 0.3) is 0 Å². The summed E-state index contributed by atoms with van der Waals surface area (Å²) in [7, 11) is -7.41. The number of nitrogens with one attached hydrogen (secondary N) is 1. The van der Waals surface area contributed by atoms with E-state index in [0.717, 1.165) is 0 Å². The number of hydrogen-bond donors (Lipinski definition) is 5. The molecule has 0 radical (unpaired) electrons. The Bertz CT molecular complexity index is 372. The SMILES string of the molecule is CCCC.CCOC(=O)COP(=O)(O)C(=O)NN.O=[P+](O)O. The molecule has 132 valence electrons. The lowest BCUT2D eigenvalue weighted by Gasteiger charge is -2.08. The topological polar surface area (TPSA) is 185 Å². The Morgan fingerprint density at radius 1 is 1.23 bits per heavy atom. The van der Waals surface area contributed by atoms with Gasteiger partial charge >= 0.3 is 27.5 Å². The van der Waals surface area contributed by atoms with Crippen LogP contribution in [0.5, 0.6) is 0 Å². The molecule has 1 unspecified atom stereocenters. The molecule has 11 nitrogen and oxygen atoms in total. The van der Waals surface area contributed by atoms with Gasteiger partial charge in [-0.2, -0.15) is 0 Å². The molecule has 0 saturated carbocycles. The summed E-state index contributed by atoms with van der Waals surface area (Å²) in [6.07, 6.45) is 2.64. The minimum absolute atomic E-state index is 0.112. The predicted molar refractivity (Wildman–Crippen MR) is 77.8 cm³/mol. The molecule has 0 aromatic carbocycles. The van der Waals surface area contributed by atoms with Crippen LogP contribution in [0.3, 0.4) is 0 Å². The van der Waals surface area contributed by atoms with Gasteiger partial charge in [-0.25, -0.2) is 15.2 Å². The molecule has 1 amide bonds. The highest BCUT2D eigenvalue weighted by Crippen LogP contribution is 2.41. The first-order chi connectivity index (χ1) is 10.1. The maximum atomic E-state index is 10.9. The summed E-state index contributed by atoms with van der Waals surface area (Å²) in [6.45, 7) is 5.25. The van der Waals surface area contributed by atoms with Crippen molar-refractivity contribution < 1.29 is 42.7 Å². The first-order valence-corrected chi connectivity index (χ1v) is 8.82. The Labute approximate surface area is 129 Å². The van der Waals surface area contributed by atoms with Crippen LogP contribution < -0.4 is 11.3 Å². The van der Waals surface area contributed by atoms with Gasteiger partial charge in [-0.1, -0.05) is 26.7 Å². The largest absolute Gasteiger partial charge is 0.692 e. The summed E-state index contributed by atoms with van der Waals surface area (Å²) in [6, 6.07) is 0. The van der Waals surface area contributed by atoms with Crippen molar-refractivity contribution in [2.45, 2.75) is 33.6 Å². The van der Waals surface area contributed by atoms with E-state index >= 15 is 0 Å². The molecular formula is C9H23N2O9P2+. The highest BCUT2D eigenvalue weighted by atomic mass is 31.2. The van der Waals surface area contributed by atoms with Crippen molar-refractivity contribution >= 4 is 27.5 Å². The number of amides is 1.